The molecule has 0 atom stereocenters. The summed E-state index contributed by atoms with van der Waals surface area (Å²) in [5.74, 6) is -0.333. The fourth-order valence-electron chi connectivity index (χ4n) is 1.92. The van der Waals surface area contributed by atoms with Crippen LogP contribution in [0.5, 0.6) is 5.75 Å². The second-order valence-electron chi connectivity index (χ2n) is 4.75. The number of nitrogens with one attached hydrogen (secondary N) is 2. The van der Waals surface area contributed by atoms with Gasteiger partial charge in [-0.25, -0.2) is 4.98 Å². The minimum atomic E-state index is -0.445. The third kappa shape index (κ3) is 3.81. The van der Waals surface area contributed by atoms with E-state index < -0.39 is 11.3 Å². The molecule has 2 N–H and O–H groups in total. The quantitative estimate of drug-likeness (QED) is 0.730. The van der Waals surface area contributed by atoms with Crippen molar-refractivity contribution < 1.29 is 9.53 Å². The number of amides is 1. The Hall–Kier alpha value is -2.64. The van der Waals surface area contributed by atoms with Gasteiger partial charge in [0, 0.05) is 34.4 Å². The number of nitrogens with zero attached hydrogens (tertiary/aromatic N) is 1. The number of benzene rings is 1. The number of pyridine rings is 1. The fraction of sp³-hybridized carbons (Fsp3) is 0.0625. The molecule has 122 valence electrons. The molecule has 3 aromatic rings. The van der Waals surface area contributed by atoms with Crippen molar-refractivity contribution in [2.45, 2.75) is 6.61 Å². The molecule has 0 radical (unpaired) electrons. The van der Waals surface area contributed by atoms with Gasteiger partial charge < -0.3 is 9.72 Å². The average Bonchev–Trinajstić information content (AvgIpc) is 3.08. The summed E-state index contributed by atoms with van der Waals surface area (Å²) >= 11 is 7.33. The van der Waals surface area contributed by atoms with E-state index >= 15 is 0 Å². The Kier molecular flexibility index (Phi) is 4.93. The molecule has 1 amide bonds. The number of hydrogen-bond donors (Lipinski definition) is 2. The van der Waals surface area contributed by atoms with Crippen LogP contribution in [0.1, 0.15) is 16.1 Å². The first-order valence-electron chi connectivity index (χ1n) is 6.93. The third-order valence-electron chi connectivity index (χ3n) is 3.12. The molecule has 0 aliphatic rings. The Morgan fingerprint density at radius 2 is 2.21 bits per heavy atom. The van der Waals surface area contributed by atoms with E-state index in [1.165, 1.54) is 23.6 Å². The predicted molar refractivity (Wildman–Crippen MR) is 92.9 cm³/mol. The highest BCUT2D eigenvalue weighted by atomic mass is 35.5. The van der Waals surface area contributed by atoms with Gasteiger partial charge in [0.15, 0.2) is 10.9 Å². The van der Waals surface area contributed by atoms with E-state index in [1.54, 1.807) is 17.6 Å². The van der Waals surface area contributed by atoms with Crippen LogP contribution in [0.25, 0.3) is 0 Å². The third-order valence-corrected chi connectivity index (χ3v) is 4.17. The van der Waals surface area contributed by atoms with Crippen molar-refractivity contribution in [3.63, 3.8) is 0 Å². The minimum absolute atomic E-state index is 0.112. The predicted octanol–water partition coefficient (Wildman–Crippen LogP) is 3.32. The number of carbonyl (C=O) groups is 1. The number of anilines is 1. The Labute approximate surface area is 146 Å². The monoisotopic (exact) mass is 361 g/mol. The second-order valence-corrected chi connectivity index (χ2v) is 6.05. The highest BCUT2D eigenvalue weighted by Gasteiger charge is 2.11. The summed E-state index contributed by atoms with van der Waals surface area (Å²) in [5, 5.41) is 5.35. The number of halogens is 1. The molecule has 24 heavy (non-hydrogen) atoms. The van der Waals surface area contributed by atoms with Crippen LogP contribution in [-0.2, 0) is 6.61 Å². The number of H-pyrrole nitrogens is 1. The summed E-state index contributed by atoms with van der Waals surface area (Å²) in [6.45, 7) is 0.160. The molecule has 0 bridgehead atoms. The second kappa shape index (κ2) is 7.29. The summed E-state index contributed by atoms with van der Waals surface area (Å²) in [5.41, 5.74) is 0.495. The van der Waals surface area contributed by atoms with Gasteiger partial charge in [0.25, 0.3) is 5.91 Å². The Morgan fingerprint density at radius 1 is 1.38 bits per heavy atom. The molecule has 6 nitrogen and oxygen atoms in total. The lowest BCUT2D eigenvalue weighted by molar-refractivity contribution is 0.102. The number of carbonyl (C=O) groups excluding carboxylic acids is 1. The van der Waals surface area contributed by atoms with Crippen LogP contribution in [0.15, 0.2) is 52.9 Å². The van der Waals surface area contributed by atoms with Crippen molar-refractivity contribution in [2.75, 3.05) is 5.32 Å². The van der Waals surface area contributed by atoms with Crippen LogP contribution >= 0.6 is 22.9 Å². The molecule has 0 saturated heterocycles. The lowest BCUT2D eigenvalue weighted by Gasteiger charge is -2.08. The topological polar surface area (TPSA) is 84.1 Å². The van der Waals surface area contributed by atoms with Gasteiger partial charge in [-0.3, -0.25) is 14.9 Å². The normalized spacial score (nSPS) is 10.4. The molecule has 0 spiro atoms. The molecule has 0 fully saturated rings. The minimum Gasteiger partial charge on any atom is -0.483 e. The van der Waals surface area contributed by atoms with Crippen LogP contribution in [0.4, 0.5) is 5.13 Å². The summed E-state index contributed by atoms with van der Waals surface area (Å²) in [7, 11) is 0. The molecule has 0 aliphatic carbocycles. The molecule has 3 rings (SSSR count). The molecule has 0 saturated carbocycles. The zero-order valence-corrected chi connectivity index (χ0v) is 13.9. The molecule has 1 aromatic carbocycles. The number of aromatic amines is 1. The molecular weight excluding hydrogens is 350 g/mol. The fourth-order valence-corrected chi connectivity index (χ4v) is 2.64. The standard InChI is InChI=1S/C16H12ClN3O3S/c17-11-4-2-1-3-10(11)9-23-14-8-19-12(7-13(14)21)15(22)20-16-18-5-6-24-16/h1-8H,9H2,(H,19,21)(H,18,20,22). The van der Waals surface area contributed by atoms with Crippen molar-refractivity contribution in [1.29, 1.82) is 0 Å². The van der Waals surface area contributed by atoms with Gasteiger partial charge in [-0.05, 0) is 6.07 Å². The van der Waals surface area contributed by atoms with E-state index in [9.17, 15) is 9.59 Å². The van der Waals surface area contributed by atoms with E-state index in [2.05, 4.69) is 15.3 Å². The lowest BCUT2D eigenvalue weighted by atomic mass is 10.2. The highest BCUT2D eigenvalue weighted by molar-refractivity contribution is 7.13. The smallest absolute Gasteiger partial charge is 0.273 e. The van der Waals surface area contributed by atoms with Crippen LogP contribution in [0.3, 0.4) is 0 Å². The summed E-state index contributed by atoms with van der Waals surface area (Å²) in [6.07, 6.45) is 2.94. The van der Waals surface area contributed by atoms with Crippen molar-refractivity contribution in [3.8, 4) is 5.75 Å². The molecule has 0 aliphatic heterocycles. The average molecular weight is 362 g/mol. The molecule has 2 heterocycles. The first kappa shape index (κ1) is 16.2. The summed E-state index contributed by atoms with van der Waals surface area (Å²) in [4.78, 5) is 30.8. The van der Waals surface area contributed by atoms with E-state index in [4.69, 9.17) is 16.3 Å². The maximum atomic E-state index is 12.1. The first-order valence-corrected chi connectivity index (χ1v) is 8.19. The first-order chi connectivity index (χ1) is 11.6. The van der Waals surface area contributed by atoms with Crippen LogP contribution in [0, 0.1) is 0 Å². The zero-order valence-electron chi connectivity index (χ0n) is 12.3. The molecule has 8 heteroatoms. The van der Waals surface area contributed by atoms with E-state index in [1.807, 2.05) is 18.2 Å². The van der Waals surface area contributed by atoms with Gasteiger partial charge in [-0.2, -0.15) is 0 Å². The van der Waals surface area contributed by atoms with Gasteiger partial charge in [0.05, 0.1) is 0 Å². The molecule has 2 aromatic heterocycles. The van der Waals surface area contributed by atoms with E-state index in [-0.39, 0.29) is 18.1 Å². The largest absolute Gasteiger partial charge is 0.483 e. The van der Waals surface area contributed by atoms with Crippen molar-refractivity contribution >= 4 is 34.0 Å². The summed E-state index contributed by atoms with van der Waals surface area (Å²) in [6, 6.07) is 8.39. The Balaban J connectivity index is 1.69. The number of thiazole rings is 1. The van der Waals surface area contributed by atoms with Gasteiger partial charge in [0.2, 0.25) is 5.43 Å². The van der Waals surface area contributed by atoms with Gasteiger partial charge in [-0.15, -0.1) is 11.3 Å². The number of aromatic nitrogens is 2. The van der Waals surface area contributed by atoms with Crippen LogP contribution < -0.4 is 15.5 Å². The van der Waals surface area contributed by atoms with Crippen molar-refractivity contribution in [2.24, 2.45) is 0 Å². The SMILES string of the molecule is O=C(Nc1nccs1)c1cc(=O)c(OCc2ccccc2Cl)c[nH]1. The van der Waals surface area contributed by atoms with Gasteiger partial charge >= 0.3 is 0 Å². The highest BCUT2D eigenvalue weighted by Crippen LogP contribution is 2.17. The maximum Gasteiger partial charge on any atom is 0.273 e. The summed E-state index contributed by atoms with van der Waals surface area (Å²) < 4.78 is 5.47. The van der Waals surface area contributed by atoms with Crippen LogP contribution in [0.2, 0.25) is 5.02 Å². The maximum absolute atomic E-state index is 12.1. The Morgan fingerprint density at radius 3 is 2.92 bits per heavy atom. The Bertz CT molecular complexity index is 909. The zero-order chi connectivity index (χ0) is 16.9. The number of rotatable bonds is 5. The van der Waals surface area contributed by atoms with Crippen molar-refractivity contribution in [1.82, 2.24) is 9.97 Å². The lowest BCUT2D eigenvalue weighted by Crippen LogP contribution is -2.17. The number of ether oxygens (including phenoxy) is 1. The van der Waals surface area contributed by atoms with Gasteiger partial charge in [0.1, 0.15) is 12.3 Å². The van der Waals surface area contributed by atoms with Crippen LogP contribution in [-0.4, -0.2) is 15.9 Å². The van der Waals surface area contributed by atoms with E-state index in [0.717, 1.165) is 5.56 Å². The molecule has 0 unspecified atom stereocenters. The van der Waals surface area contributed by atoms with Gasteiger partial charge in [-0.1, -0.05) is 29.8 Å². The van der Waals surface area contributed by atoms with Crippen molar-refractivity contribution in [3.05, 3.63) is 74.6 Å². The van der Waals surface area contributed by atoms with E-state index in [0.29, 0.717) is 10.2 Å². The molecular formula is C16H12ClN3O3S. The number of hydrogen-bond acceptors (Lipinski definition) is 5.